The molecule has 2 aromatic rings. The van der Waals surface area contributed by atoms with Crippen molar-refractivity contribution in [2.24, 2.45) is 0 Å². The van der Waals surface area contributed by atoms with E-state index in [-0.39, 0.29) is 5.75 Å². The topological polar surface area (TPSA) is 50.3 Å². The van der Waals surface area contributed by atoms with Crippen LogP contribution in [0.1, 0.15) is 17.5 Å². The number of rotatable bonds is 5. The second-order valence-corrected chi connectivity index (χ2v) is 7.44. The maximum absolute atomic E-state index is 12.2. The zero-order valence-electron chi connectivity index (χ0n) is 11.8. The van der Waals surface area contributed by atoms with E-state index in [9.17, 15) is 8.42 Å². The molecule has 0 aliphatic carbocycles. The number of aromatic nitrogens is 1. The Morgan fingerprint density at radius 2 is 1.62 bits per heavy atom. The van der Waals surface area contributed by atoms with Gasteiger partial charge < -0.3 is 0 Å². The fraction of sp³-hybridized carbons (Fsp3) is 0.312. The second-order valence-electron chi connectivity index (χ2n) is 5.33. The lowest BCUT2D eigenvalue weighted by Gasteiger charge is -2.14. The predicted octanol–water partition coefficient (Wildman–Crippen LogP) is 2.26. The van der Waals surface area contributed by atoms with E-state index in [0.717, 1.165) is 19.6 Å². The lowest BCUT2D eigenvalue weighted by Crippen LogP contribution is -2.20. The van der Waals surface area contributed by atoms with E-state index in [1.807, 2.05) is 0 Å². The van der Waals surface area contributed by atoms with E-state index in [1.165, 1.54) is 23.5 Å². The van der Waals surface area contributed by atoms with Crippen LogP contribution in [0.2, 0.25) is 0 Å². The molecule has 21 heavy (non-hydrogen) atoms. The first kappa shape index (κ1) is 14.2. The summed E-state index contributed by atoms with van der Waals surface area (Å²) in [5.74, 6) is 0.184. The number of fused-ring (bicyclic) bond motifs is 1. The van der Waals surface area contributed by atoms with Gasteiger partial charge >= 0.3 is 0 Å². The molecule has 0 saturated heterocycles. The van der Waals surface area contributed by atoms with Gasteiger partial charge in [-0.15, -0.1) is 0 Å². The fourth-order valence-electron chi connectivity index (χ4n) is 2.70. The van der Waals surface area contributed by atoms with Gasteiger partial charge in [0.25, 0.3) is 0 Å². The molecule has 0 N–H and O–H groups in total. The van der Waals surface area contributed by atoms with Gasteiger partial charge in [0.15, 0.2) is 9.84 Å². The number of pyridine rings is 1. The number of benzene rings is 1. The summed E-state index contributed by atoms with van der Waals surface area (Å²) in [5.41, 5.74) is 2.71. The van der Waals surface area contributed by atoms with Crippen LogP contribution >= 0.6 is 0 Å². The molecule has 0 fully saturated rings. The molecule has 2 heterocycles. The Morgan fingerprint density at radius 3 is 2.24 bits per heavy atom. The summed E-state index contributed by atoms with van der Waals surface area (Å²) in [7, 11) is -3.19. The van der Waals surface area contributed by atoms with Gasteiger partial charge in [-0.3, -0.25) is 9.88 Å². The van der Waals surface area contributed by atoms with Gasteiger partial charge in [0.05, 0.1) is 10.6 Å². The number of hydrogen-bond acceptors (Lipinski definition) is 4. The van der Waals surface area contributed by atoms with Crippen molar-refractivity contribution in [1.29, 1.82) is 0 Å². The monoisotopic (exact) mass is 302 g/mol. The van der Waals surface area contributed by atoms with E-state index < -0.39 is 9.84 Å². The van der Waals surface area contributed by atoms with E-state index in [1.54, 1.807) is 12.1 Å². The molecule has 3 rings (SSSR count). The molecule has 0 bridgehead atoms. The van der Waals surface area contributed by atoms with Gasteiger partial charge in [-0.2, -0.15) is 0 Å². The molecule has 110 valence electrons. The molecule has 0 saturated carbocycles. The largest absolute Gasteiger partial charge is 0.295 e. The van der Waals surface area contributed by atoms with E-state index >= 15 is 0 Å². The molecule has 1 aliphatic rings. The van der Waals surface area contributed by atoms with Crippen LogP contribution in [0.4, 0.5) is 0 Å². The molecule has 0 amide bonds. The molecule has 5 heteroatoms. The van der Waals surface area contributed by atoms with Gasteiger partial charge in [0.2, 0.25) is 0 Å². The third kappa shape index (κ3) is 3.31. The van der Waals surface area contributed by atoms with E-state index in [4.69, 9.17) is 0 Å². The Hall–Kier alpha value is -1.72. The van der Waals surface area contributed by atoms with Crippen LogP contribution in [-0.2, 0) is 22.9 Å². The van der Waals surface area contributed by atoms with Crippen molar-refractivity contribution in [1.82, 2.24) is 9.88 Å². The van der Waals surface area contributed by atoms with Gasteiger partial charge in [0, 0.05) is 25.5 Å². The summed E-state index contributed by atoms with van der Waals surface area (Å²) < 4.78 is 24.4. The lowest BCUT2D eigenvalue weighted by atomic mass is 10.1. The third-order valence-corrected chi connectivity index (χ3v) is 5.62. The summed E-state index contributed by atoms with van der Waals surface area (Å²) >= 11 is 0. The van der Waals surface area contributed by atoms with Crippen LogP contribution in [0.5, 0.6) is 0 Å². The average molecular weight is 302 g/mol. The molecule has 0 spiro atoms. The zero-order valence-corrected chi connectivity index (χ0v) is 12.6. The summed E-state index contributed by atoms with van der Waals surface area (Å²) in [6.07, 6.45) is 3.69. The minimum absolute atomic E-state index is 0.184. The first-order valence-electron chi connectivity index (χ1n) is 7.07. The van der Waals surface area contributed by atoms with Gasteiger partial charge in [-0.1, -0.05) is 24.3 Å². The third-order valence-electron chi connectivity index (χ3n) is 3.80. The number of sulfone groups is 1. The van der Waals surface area contributed by atoms with Crippen LogP contribution in [0, 0.1) is 0 Å². The Kier molecular flexibility index (Phi) is 4.03. The smallest absolute Gasteiger partial charge is 0.178 e. The average Bonchev–Trinajstić information content (AvgIpc) is 2.90. The van der Waals surface area contributed by atoms with Crippen molar-refractivity contribution >= 4 is 9.84 Å². The van der Waals surface area contributed by atoms with E-state index in [2.05, 4.69) is 34.1 Å². The number of hydrogen-bond donors (Lipinski definition) is 0. The zero-order chi connectivity index (χ0) is 14.7. The molecular formula is C16H18N2O2S. The van der Waals surface area contributed by atoms with Gasteiger partial charge in [-0.05, 0) is 36.2 Å². The SMILES string of the molecule is O=S(=O)(CCCN1Cc2ccccc2C1)c1ccncc1. The van der Waals surface area contributed by atoms with Crippen molar-refractivity contribution in [3.8, 4) is 0 Å². The molecule has 1 aromatic carbocycles. The Labute approximate surface area is 125 Å². The van der Waals surface area contributed by atoms with E-state index in [0.29, 0.717) is 11.3 Å². The first-order valence-corrected chi connectivity index (χ1v) is 8.72. The van der Waals surface area contributed by atoms with Crippen LogP contribution in [0.25, 0.3) is 0 Å². The fourth-order valence-corrected chi connectivity index (χ4v) is 3.98. The van der Waals surface area contributed by atoms with Crippen molar-refractivity contribution < 1.29 is 8.42 Å². The Balaban J connectivity index is 1.54. The molecule has 0 radical (unpaired) electrons. The quantitative estimate of drug-likeness (QED) is 0.850. The Bertz CT molecular complexity index is 689. The van der Waals surface area contributed by atoms with Crippen LogP contribution in [-0.4, -0.2) is 30.6 Å². The highest BCUT2D eigenvalue weighted by Gasteiger charge is 2.19. The minimum Gasteiger partial charge on any atom is -0.295 e. The van der Waals surface area contributed by atoms with Crippen LogP contribution < -0.4 is 0 Å². The van der Waals surface area contributed by atoms with Crippen molar-refractivity contribution in [2.75, 3.05) is 12.3 Å². The summed E-state index contributed by atoms with van der Waals surface area (Å²) in [4.78, 5) is 6.51. The lowest BCUT2D eigenvalue weighted by molar-refractivity contribution is 0.285. The van der Waals surface area contributed by atoms with Crippen molar-refractivity contribution in [3.63, 3.8) is 0 Å². The summed E-state index contributed by atoms with van der Waals surface area (Å²) in [6, 6.07) is 11.5. The molecular weight excluding hydrogens is 284 g/mol. The van der Waals surface area contributed by atoms with Crippen molar-refractivity contribution in [3.05, 3.63) is 59.9 Å². The maximum atomic E-state index is 12.2. The highest BCUT2D eigenvalue weighted by Crippen LogP contribution is 2.22. The van der Waals surface area contributed by atoms with Gasteiger partial charge in [-0.25, -0.2) is 8.42 Å². The van der Waals surface area contributed by atoms with Gasteiger partial charge in [0.1, 0.15) is 0 Å². The molecule has 4 nitrogen and oxygen atoms in total. The molecule has 1 aliphatic heterocycles. The molecule has 0 unspecified atom stereocenters. The predicted molar refractivity (Wildman–Crippen MR) is 81.5 cm³/mol. The second kappa shape index (κ2) is 5.95. The van der Waals surface area contributed by atoms with Crippen LogP contribution in [0.3, 0.4) is 0 Å². The van der Waals surface area contributed by atoms with Crippen molar-refractivity contribution in [2.45, 2.75) is 24.4 Å². The standard InChI is InChI=1S/C16H18N2O2S/c19-21(20,16-6-8-17-9-7-16)11-3-10-18-12-14-4-1-2-5-15(14)13-18/h1-2,4-9H,3,10-13H2. The number of nitrogens with zero attached hydrogens (tertiary/aromatic N) is 2. The first-order chi connectivity index (χ1) is 10.1. The highest BCUT2D eigenvalue weighted by molar-refractivity contribution is 7.91. The highest BCUT2D eigenvalue weighted by atomic mass is 32.2. The normalized spacial score (nSPS) is 15.0. The minimum atomic E-state index is -3.19. The Morgan fingerprint density at radius 1 is 1.00 bits per heavy atom. The maximum Gasteiger partial charge on any atom is 0.178 e. The molecule has 1 aromatic heterocycles. The molecule has 0 atom stereocenters. The summed E-state index contributed by atoms with van der Waals surface area (Å²) in [6.45, 7) is 2.65. The summed E-state index contributed by atoms with van der Waals surface area (Å²) in [5, 5.41) is 0. The van der Waals surface area contributed by atoms with Crippen LogP contribution in [0.15, 0.2) is 53.7 Å².